The van der Waals surface area contributed by atoms with Crippen molar-refractivity contribution in [1.82, 2.24) is 0 Å². The van der Waals surface area contributed by atoms with E-state index in [1.54, 1.807) is 0 Å². The predicted octanol–water partition coefficient (Wildman–Crippen LogP) is 4.66. The monoisotopic (exact) mass is 288 g/mol. The van der Waals surface area contributed by atoms with E-state index in [-0.39, 0.29) is 6.61 Å². The summed E-state index contributed by atoms with van der Waals surface area (Å²) in [4.78, 5) is 11.9. The molecule has 0 aromatic heterocycles. The Hall–Kier alpha value is -1.90. The summed E-state index contributed by atoms with van der Waals surface area (Å²) in [5.74, 6) is -1.05. The first-order valence-corrected chi connectivity index (χ1v) is 7.45. The second kappa shape index (κ2) is 7.77. The summed E-state index contributed by atoms with van der Waals surface area (Å²) < 4.78 is 18.1. The highest BCUT2D eigenvalue weighted by Gasteiger charge is 2.19. The van der Waals surface area contributed by atoms with E-state index in [0.717, 1.165) is 29.2 Å². The van der Waals surface area contributed by atoms with Gasteiger partial charge in [-0.2, -0.15) is 0 Å². The van der Waals surface area contributed by atoms with Gasteiger partial charge in [0, 0.05) is 0 Å². The number of alkyl halides is 1. The lowest BCUT2D eigenvalue weighted by molar-refractivity contribution is -0.150. The Kier molecular flexibility index (Phi) is 5.73. The number of carbonyl (C=O) groups is 1. The Bertz CT molecular complexity index is 595. The van der Waals surface area contributed by atoms with Crippen LogP contribution in [-0.4, -0.2) is 12.6 Å². The van der Waals surface area contributed by atoms with Crippen molar-refractivity contribution in [2.45, 2.75) is 32.8 Å². The van der Waals surface area contributed by atoms with E-state index < -0.39 is 18.6 Å². The van der Waals surface area contributed by atoms with Crippen LogP contribution in [0.2, 0.25) is 0 Å². The molecule has 0 amide bonds. The first-order valence-electron chi connectivity index (χ1n) is 7.45. The maximum atomic E-state index is 12.9. The Balaban J connectivity index is 1.95. The molecule has 3 heteroatoms. The van der Waals surface area contributed by atoms with E-state index >= 15 is 0 Å². The van der Waals surface area contributed by atoms with Crippen LogP contribution < -0.4 is 0 Å². The Morgan fingerprint density at radius 3 is 2.67 bits per heavy atom. The van der Waals surface area contributed by atoms with Crippen molar-refractivity contribution in [3.63, 3.8) is 0 Å². The molecule has 2 aromatic carbocycles. The molecule has 0 spiro atoms. The third-order valence-electron chi connectivity index (χ3n) is 3.62. The molecule has 2 aromatic rings. The maximum Gasteiger partial charge on any atom is 0.311 e. The molecular formula is C18H21FO2. The van der Waals surface area contributed by atoms with Crippen LogP contribution in [0.5, 0.6) is 0 Å². The highest BCUT2D eigenvalue weighted by atomic mass is 19.1. The predicted molar refractivity (Wildman–Crippen MR) is 82.7 cm³/mol. The Labute approximate surface area is 124 Å². The molecule has 0 aliphatic heterocycles. The zero-order valence-electron chi connectivity index (χ0n) is 12.3. The molecule has 112 valence electrons. The minimum atomic E-state index is -0.642. The number of halogens is 1. The number of hydrogen-bond donors (Lipinski definition) is 0. The molecule has 2 nitrogen and oxygen atoms in total. The van der Waals surface area contributed by atoms with E-state index in [2.05, 4.69) is 0 Å². The Morgan fingerprint density at radius 1 is 1.19 bits per heavy atom. The molecule has 0 radical (unpaired) electrons. The third kappa shape index (κ3) is 4.28. The SMILES string of the molecule is CCCCC(CF)C(=O)OCc1ccc2ccccc2c1. The smallest absolute Gasteiger partial charge is 0.311 e. The summed E-state index contributed by atoms with van der Waals surface area (Å²) in [6.45, 7) is 1.58. The van der Waals surface area contributed by atoms with Crippen molar-refractivity contribution in [3.8, 4) is 0 Å². The molecule has 0 bridgehead atoms. The number of hydrogen-bond acceptors (Lipinski definition) is 2. The first-order chi connectivity index (χ1) is 10.2. The highest BCUT2D eigenvalue weighted by molar-refractivity contribution is 5.83. The minimum absolute atomic E-state index is 0.201. The Morgan fingerprint density at radius 2 is 1.95 bits per heavy atom. The van der Waals surface area contributed by atoms with Gasteiger partial charge in [-0.15, -0.1) is 0 Å². The average Bonchev–Trinajstić information content (AvgIpc) is 2.53. The molecule has 0 fully saturated rings. The molecule has 1 atom stereocenters. The van der Waals surface area contributed by atoms with Crippen molar-refractivity contribution >= 4 is 16.7 Å². The maximum absolute atomic E-state index is 12.9. The summed E-state index contributed by atoms with van der Waals surface area (Å²) in [6.07, 6.45) is 2.36. The summed E-state index contributed by atoms with van der Waals surface area (Å²) in [6, 6.07) is 14.0. The van der Waals surface area contributed by atoms with Gasteiger partial charge in [0.05, 0.1) is 5.92 Å². The van der Waals surface area contributed by atoms with Gasteiger partial charge in [-0.1, -0.05) is 56.2 Å². The molecule has 1 unspecified atom stereocenters. The summed E-state index contributed by atoms with van der Waals surface area (Å²) >= 11 is 0. The molecule has 0 saturated heterocycles. The second-order valence-electron chi connectivity index (χ2n) is 5.28. The lowest BCUT2D eigenvalue weighted by Gasteiger charge is -2.12. The van der Waals surface area contributed by atoms with Gasteiger partial charge in [-0.05, 0) is 28.8 Å². The molecule has 0 N–H and O–H groups in total. The molecule has 2 rings (SSSR count). The minimum Gasteiger partial charge on any atom is -0.461 e. The van der Waals surface area contributed by atoms with Crippen LogP contribution in [0.25, 0.3) is 10.8 Å². The van der Waals surface area contributed by atoms with Gasteiger partial charge in [0.1, 0.15) is 13.3 Å². The van der Waals surface area contributed by atoms with E-state index in [4.69, 9.17) is 4.74 Å². The quantitative estimate of drug-likeness (QED) is 0.693. The molecule has 0 saturated carbocycles. The van der Waals surface area contributed by atoms with Crippen LogP contribution in [0.1, 0.15) is 31.7 Å². The third-order valence-corrected chi connectivity index (χ3v) is 3.62. The highest BCUT2D eigenvalue weighted by Crippen LogP contribution is 2.17. The van der Waals surface area contributed by atoms with E-state index in [1.165, 1.54) is 0 Å². The van der Waals surface area contributed by atoms with Gasteiger partial charge in [0.25, 0.3) is 0 Å². The van der Waals surface area contributed by atoms with Crippen molar-refractivity contribution in [2.24, 2.45) is 5.92 Å². The average molecular weight is 288 g/mol. The van der Waals surface area contributed by atoms with Gasteiger partial charge >= 0.3 is 5.97 Å². The molecule has 0 aliphatic rings. The number of unbranched alkanes of at least 4 members (excludes halogenated alkanes) is 1. The van der Waals surface area contributed by atoms with E-state index in [9.17, 15) is 9.18 Å². The fraction of sp³-hybridized carbons (Fsp3) is 0.389. The van der Waals surface area contributed by atoms with Crippen molar-refractivity contribution in [3.05, 3.63) is 48.0 Å². The lowest BCUT2D eigenvalue weighted by Crippen LogP contribution is -2.19. The summed E-state index contributed by atoms with van der Waals surface area (Å²) in [7, 11) is 0. The van der Waals surface area contributed by atoms with Crippen LogP contribution in [-0.2, 0) is 16.1 Å². The van der Waals surface area contributed by atoms with Gasteiger partial charge in [0.15, 0.2) is 0 Å². The van der Waals surface area contributed by atoms with Crippen LogP contribution in [0, 0.1) is 5.92 Å². The fourth-order valence-corrected chi connectivity index (χ4v) is 2.31. The number of fused-ring (bicyclic) bond motifs is 1. The largest absolute Gasteiger partial charge is 0.461 e. The number of esters is 1. The standard InChI is InChI=1S/C18H21FO2/c1-2-3-6-17(12-19)18(20)21-13-14-9-10-15-7-4-5-8-16(15)11-14/h4-5,7-11,17H,2-3,6,12-13H2,1H3. The zero-order valence-corrected chi connectivity index (χ0v) is 12.3. The number of rotatable bonds is 7. The van der Waals surface area contributed by atoms with Crippen LogP contribution in [0.4, 0.5) is 4.39 Å². The van der Waals surface area contributed by atoms with Gasteiger partial charge in [-0.3, -0.25) is 9.18 Å². The molecular weight excluding hydrogens is 267 g/mol. The van der Waals surface area contributed by atoms with Crippen molar-refractivity contribution in [2.75, 3.05) is 6.67 Å². The summed E-state index contributed by atoms with van der Waals surface area (Å²) in [5.41, 5.74) is 0.926. The summed E-state index contributed by atoms with van der Waals surface area (Å²) in [5, 5.41) is 2.26. The van der Waals surface area contributed by atoms with Gasteiger partial charge < -0.3 is 4.74 Å². The van der Waals surface area contributed by atoms with Crippen LogP contribution in [0.15, 0.2) is 42.5 Å². The number of ether oxygens (including phenoxy) is 1. The van der Waals surface area contributed by atoms with Crippen molar-refractivity contribution < 1.29 is 13.9 Å². The number of carbonyl (C=O) groups excluding carboxylic acids is 1. The van der Waals surface area contributed by atoms with Crippen LogP contribution in [0.3, 0.4) is 0 Å². The fourth-order valence-electron chi connectivity index (χ4n) is 2.31. The van der Waals surface area contributed by atoms with Gasteiger partial charge in [-0.25, -0.2) is 0 Å². The topological polar surface area (TPSA) is 26.3 Å². The molecule has 21 heavy (non-hydrogen) atoms. The lowest BCUT2D eigenvalue weighted by atomic mass is 10.0. The second-order valence-corrected chi connectivity index (χ2v) is 5.28. The molecule has 0 aliphatic carbocycles. The zero-order chi connectivity index (χ0) is 15.1. The normalized spacial score (nSPS) is 12.3. The van der Waals surface area contributed by atoms with Crippen LogP contribution >= 0.6 is 0 Å². The van der Waals surface area contributed by atoms with Gasteiger partial charge in [0.2, 0.25) is 0 Å². The van der Waals surface area contributed by atoms with E-state index in [0.29, 0.717) is 6.42 Å². The number of benzene rings is 2. The first kappa shape index (κ1) is 15.5. The van der Waals surface area contributed by atoms with E-state index in [1.807, 2.05) is 49.4 Å². The van der Waals surface area contributed by atoms with Crippen molar-refractivity contribution in [1.29, 1.82) is 0 Å². The molecule has 0 heterocycles.